The molecule has 0 aliphatic rings. The minimum absolute atomic E-state index is 0.218. The van der Waals surface area contributed by atoms with E-state index in [1.54, 1.807) is 19.2 Å². The third-order valence-electron chi connectivity index (χ3n) is 2.48. The highest BCUT2D eigenvalue weighted by Gasteiger charge is 2.07. The maximum atomic E-state index is 13.0. The zero-order valence-corrected chi connectivity index (χ0v) is 10.4. The number of amides is 1. The third kappa shape index (κ3) is 3.48. The van der Waals surface area contributed by atoms with E-state index in [9.17, 15) is 9.18 Å². The Kier molecular flexibility index (Phi) is 4.02. The van der Waals surface area contributed by atoms with E-state index in [1.165, 1.54) is 24.5 Å². The molecule has 0 aliphatic carbocycles. The van der Waals surface area contributed by atoms with E-state index in [0.29, 0.717) is 11.4 Å². The number of halogens is 1. The highest BCUT2D eigenvalue weighted by atomic mass is 19.1. The van der Waals surface area contributed by atoms with Crippen molar-refractivity contribution < 1.29 is 9.18 Å². The van der Waals surface area contributed by atoms with Crippen LogP contribution < -0.4 is 10.6 Å². The highest BCUT2D eigenvalue weighted by molar-refractivity contribution is 5.91. The smallest absolute Gasteiger partial charge is 0.271 e. The first-order chi connectivity index (χ1) is 9.19. The Bertz CT molecular complexity index is 571. The Morgan fingerprint density at radius 2 is 2.16 bits per heavy atom. The molecule has 2 rings (SSSR count). The van der Waals surface area contributed by atoms with E-state index in [2.05, 4.69) is 20.6 Å². The van der Waals surface area contributed by atoms with Crippen LogP contribution in [0.25, 0.3) is 0 Å². The molecule has 5 nitrogen and oxygen atoms in total. The van der Waals surface area contributed by atoms with Crippen LogP contribution in [0.15, 0.2) is 36.7 Å². The predicted octanol–water partition coefficient (Wildman–Crippen LogP) is 1.59. The van der Waals surface area contributed by atoms with Gasteiger partial charge in [0.25, 0.3) is 5.91 Å². The summed E-state index contributed by atoms with van der Waals surface area (Å²) in [4.78, 5) is 19.7. The van der Waals surface area contributed by atoms with Gasteiger partial charge in [0.05, 0.1) is 12.4 Å². The summed E-state index contributed by atoms with van der Waals surface area (Å²) in [7, 11) is 1.72. The molecule has 19 heavy (non-hydrogen) atoms. The third-order valence-corrected chi connectivity index (χ3v) is 2.48. The molecule has 1 aromatic carbocycles. The Labute approximate surface area is 109 Å². The van der Waals surface area contributed by atoms with Crippen LogP contribution in [0.4, 0.5) is 10.2 Å². The fourth-order valence-corrected chi connectivity index (χ4v) is 1.49. The van der Waals surface area contributed by atoms with Crippen molar-refractivity contribution in [3.8, 4) is 0 Å². The van der Waals surface area contributed by atoms with Crippen LogP contribution in [0.2, 0.25) is 0 Å². The zero-order chi connectivity index (χ0) is 13.7. The number of hydrogen-bond acceptors (Lipinski definition) is 4. The molecule has 2 N–H and O–H groups in total. The van der Waals surface area contributed by atoms with Crippen LogP contribution >= 0.6 is 0 Å². The lowest BCUT2D eigenvalue weighted by Gasteiger charge is -2.05. The second-order valence-corrected chi connectivity index (χ2v) is 3.85. The number of hydrogen-bond donors (Lipinski definition) is 2. The maximum Gasteiger partial charge on any atom is 0.271 e. The van der Waals surface area contributed by atoms with Gasteiger partial charge in [0.2, 0.25) is 0 Å². The maximum absolute atomic E-state index is 13.0. The molecular formula is C13H13FN4O. The summed E-state index contributed by atoms with van der Waals surface area (Å²) in [5, 5.41) is 5.46. The van der Waals surface area contributed by atoms with E-state index >= 15 is 0 Å². The van der Waals surface area contributed by atoms with Gasteiger partial charge in [0, 0.05) is 13.6 Å². The van der Waals surface area contributed by atoms with Gasteiger partial charge in [-0.1, -0.05) is 12.1 Å². The molecule has 1 aromatic heterocycles. The topological polar surface area (TPSA) is 66.9 Å². The number of carbonyl (C=O) groups is 1. The van der Waals surface area contributed by atoms with Gasteiger partial charge in [-0.2, -0.15) is 0 Å². The molecule has 98 valence electrons. The van der Waals surface area contributed by atoms with Gasteiger partial charge in [-0.15, -0.1) is 0 Å². The fraction of sp³-hybridized carbons (Fsp3) is 0.154. The quantitative estimate of drug-likeness (QED) is 0.876. The largest absolute Gasteiger partial charge is 0.372 e. The molecule has 0 aliphatic heterocycles. The fourth-order valence-electron chi connectivity index (χ4n) is 1.49. The highest BCUT2D eigenvalue weighted by Crippen LogP contribution is 2.04. The summed E-state index contributed by atoms with van der Waals surface area (Å²) in [5.74, 6) is -0.0917. The minimum Gasteiger partial charge on any atom is -0.372 e. The lowest BCUT2D eigenvalue weighted by Crippen LogP contribution is -2.24. The van der Waals surface area contributed by atoms with Crippen LogP contribution in [0.1, 0.15) is 16.1 Å². The molecule has 2 aromatic rings. The van der Waals surface area contributed by atoms with Crippen molar-refractivity contribution in [2.45, 2.75) is 6.54 Å². The molecule has 0 spiro atoms. The van der Waals surface area contributed by atoms with E-state index in [0.717, 1.165) is 0 Å². The molecule has 0 atom stereocenters. The molecule has 0 saturated heterocycles. The molecule has 1 heterocycles. The summed E-state index contributed by atoms with van der Waals surface area (Å²) in [6.07, 6.45) is 2.85. The molecule has 0 unspecified atom stereocenters. The van der Waals surface area contributed by atoms with Crippen molar-refractivity contribution in [3.05, 3.63) is 53.7 Å². The Balaban J connectivity index is 1.97. The molecular weight excluding hydrogens is 247 g/mol. The molecule has 0 radical (unpaired) electrons. The second-order valence-electron chi connectivity index (χ2n) is 3.85. The molecule has 0 fully saturated rings. The summed E-state index contributed by atoms with van der Waals surface area (Å²) in [6, 6.07) is 6.06. The first-order valence-electron chi connectivity index (χ1n) is 5.71. The van der Waals surface area contributed by atoms with Crippen molar-refractivity contribution in [1.82, 2.24) is 15.3 Å². The number of nitrogens with one attached hydrogen (secondary N) is 2. The number of anilines is 1. The lowest BCUT2D eigenvalue weighted by atomic mass is 10.2. The number of rotatable bonds is 4. The van der Waals surface area contributed by atoms with Crippen molar-refractivity contribution in [3.63, 3.8) is 0 Å². The van der Waals surface area contributed by atoms with E-state index in [1.807, 2.05) is 0 Å². The standard InChI is InChI=1S/C13H13FN4O/c1-15-12-8-16-11(7-17-12)13(19)18-6-9-3-2-4-10(14)5-9/h2-5,7-8H,6H2,1H3,(H,15,17)(H,18,19). The molecule has 6 heteroatoms. The predicted molar refractivity (Wildman–Crippen MR) is 69.1 cm³/mol. The lowest BCUT2D eigenvalue weighted by molar-refractivity contribution is 0.0945. The summed E-state index contributed by atoms with van der Waals surface area (Å²) < 4.78 is 13.0. The van der Waals surface area contributed by atoms with Crippen LogP contribution in [0.5, 0.6) is 0 Å². The van der Waals surface area contributed by atoms with Gasteiger partial charge in [0.15, 0.2) is 0 Å². The monoisotopic (exact) mass is 260 g/mol. The van der Waals surface area contributed by atoms with Gasteiger partial charge < -0.3 is 10.6 Å². The van der Waals surface area contributed by atoms with Gasteiger partial charge in [0.1, 0.15) is 17.3 Å². The van der Waals surface area contributed by atoms with Crippen molar-refractivity contribution >= 4 is 11.7 Å². The van der Waals surface area contributed by atoms with Gasteiger partial charge >= 0.3 is 0 Å². The zero-order valence-electron chi connectivity index (χ0n) is 10.4. The SMILES string of the molecule is CNc1cnc(C(=O)NCc2cccc(F)c2)cn1. The first kappa shape index (κ1) is 12.9. The summed E-state index contributed by atoms with van der Waals surface area (Å²) in [5.41, 5.74) is 0.906. The van der Waals surface area contributed by atoms with Gasteiger partial charge in [-0.05, 0) is 17.7 Å². The number of nitrogens with zero attached hydrogens (tertiary/aromatic N) is 2. The number of carbonyl (C=O) groups excluding carboxylic acids is 1. The molecule has 1 amide bonds. The summed E-state index contributed by atoms with van der Waals surface area (Å²) >= 11 is 0. The molecule has 0 bridgehead atoms. The van der Waals surface area contributed by atoms with Gasteiger partial charge in [-0.25, -0.2) is 14.4 Å². The van der Waals surface area contributed by atoms with Crippen LogP contribution in [-0.4, -0.2) is 22.9 Å². The second kappa shape index (κ2) is 5.90. The average Bonchev–Trinajstić information content (AvgIpc) is 2.45. The minimum atomic E-state index is -0.348. The number of aromatic nitrogens is 2. The van der Waals surface area contributed by atoms with E-state index < -0.39 is 0 Å². The Hall–Kier alpha value is -2.50. The first-order valence-corrected chi connectivity index (χ1v) is 5.71. The van der Waals surface area contributed by atoms with E-state index in [4.69, 9.17) is 0 Å². The normalized spacial score (nSPS) is 10.0. The Morgan fingerprint density at radius 1 is 1.32 bits per heavy atom. The van der Waals surface area contributed by atoms with Crippen molar-refractivity contribution in [2.24, 2.45) is 0 Å². The van der Waals surface area contributed by atoms with Crippen LogP contribution in [0.3, 0.4) is 0 Å². The van der Waals surface area contributed by atoms with Crippen molar-refractivity contribution in [2.75, 3.05) is 12.4 Å². The van der Waals surface area contributed by atoms with Crippen molar-refractivity contribution in [1.29, 1.82) is 0 Å². The van der Waals surface area contributed by atoms with Crippen LogP contribution in [0, 0.1) is 5.82 Å². The molecule has 0 saturated carbocycles. The Morgan fingerprint density at radius 3 is 2.79 bits per heavy atom. The summed E-state index contributed by atoms with van der Waals surface area (Å²) in [6.45, 7) is 0.242. The average molecular weight is 260 g/mol. The van der Waals surface area contributed by atoms with Gasteiger partial charge in [-0.3, -0.25) is 4.79 Å². The number of benzene rings is 1. The van der Waals surface area contributed by atoms with Crippen LogP contribution in [-0.2, 0) is 6.54 Å². The van der Waals surface area contributed by atoms with E-state index in [-0.39, 0.29) is 24.0 Å².